The van der Waals surface area contributed by atoms with Crippen LogP contribution in [0.2, 0.25) is 6.04 Å². The van der Waals surface area contributed by atoms with Crippen LogP contribution in [0.1, 0.15) is 13.3 Å². The molecule has 0 atom stereocenters. The highest BCUT2D eigenvalue weighted by Crippen LogP contribution is 1.96. The Morgan fingerprint density at radius 1 is 1.22 bits per heavy atom. The zero-order valence-corrected chi connectivity index (χ0v) is 7.46. The Bertz CT molecular complexity index is 47.5. The fraction of sp³-hybridized carbons (Fsp3) is 1.00. The molecule has 0 bridgehead atoms. The summed E-state index contributed by atoms with van der Waals surface area (Å²) in [6.07, 6.45) is 1.17. The Morgan fingerprint density at radius 2 is 1.67 bits per heavy atom. The van der Waals surface area contributed by atoms with Crippen LogP contribution < -0.4 is 0 Å². The summed E-state index contributed by atoms with van der Waals surface area (Å²) in [6, 6.07) is 1.12. The lowest BCUT2D eigenvalue weighted by Crippen LogP contribution is -2.17. The van der Waals surface area contributed by atoms with Crippen molar-refractivity contribution in [1.29, 1.82) is 0 Å². The second-order valence-electron chi connectivity index (χ2n) is 1.69. The minimum Gasteiger partial charge on any atom is -0.412 e. The smallest absolute Gasteiger partial charge is 0.320 e. The molecule has 0 fully saturated rings. The van der Waals surface area contributed by atoms with E-state index in [1.165, 1.54) is 6.42 Å². The van der Waals surface area contributed by atoms with Crippen LogP contribution >= 0.6 is 0 Å². The molecular weight excluding hydrogens is 136 g/mol. The molecule has 4 heteroatoms. The van der Waals surface area contributed by atoms with Crippen molar-refractivity contribution in [3.8, 4) is 0 Å². The molecule has 0 radical (unpaired) electrons. The molecule has 58 valence electrons. The van der Waals surface area contributed by atoms with Crippen LogP contribution in [0.25, 0.3) is 0 Å². The van der Waals surface area contributed by atoms with Gasteiger partial charge in [0.1, 0.15) is 0 Å². The second kappa shape index (κ2) is 8.10. The monoisotopic (exact) mass is 152 g/mol. The van der Waals surface area contributed by atoms with Gasteiger partial charge in [-0.3, -0.25) is 0 Å². The molecule has 0 spiro atoms. The van der Waals surface area contributed by atoms with E-state index < -0.39 is 9.28 Å². The Kier molecular flexibility index (Phi) is 10.7. The largest absolute Gasteiger partial charge is 0.412 e. The van der Waals surface area contributed by atoms with Gasteiger partial charge in [-0.15, -0.1) is 0 Å². The molecule has 0 aromatic carbocycles. The Morgan fingerprint density at radius 3 is 1.78 bits per heavy atom. The highest BCUT2D eigenvalue weighted by molar-refractivity contribution is 6.44. The zero-order valence-electron chi connectivity index (χ0n) is 6.31. The summed E-state index contributed by atoms with van der Waals surface area (Å²) in [5, 5.41) is 0. The zero-order chi connectivity index (χ0) is 6.41. The van der Waals surface area contributed by atoms with E-state index in [2.05, 4.69) is 6.92 Å². The molecule has 0 heterocycles. The molecule has 0 aromatic heterocycles. The van der Waals surface area contributed by atoms with Gasteiger partial charge in [0.05, 0.1) is 0 Å². The van der Waals surface area contributed by atoms with Gasteiger partial charge in [0.15, 0.2) is 0 Å². The molecule has 0 saturated heterocycles. The van der Waals surface area contributed by atoms with Crippen LogP contribution in [0.4, 0.5) is 0 Å². The van der Waals surface area contributed by atoms with E-state index in [4.69, 9.17) is 8.85 Å². The molecule has 0 aliphatic rings. The fourth-order valence-electron chi connectivity index (χ4n) is 0.568. The predicted octanol–water partition coefficient (Wildman–Crippen LogP) is 0.0850. The molecule has 0 aliphatic carbocycles. The maximum atomic E-state index is 5.06. The van der Waals surface area contributed by atoms with Gasteiger partial charge in [-0.25, -0.2) is 0 Å². The van der Waals surface area contributed by atoms with E-state index in [9.17, 15) is 0 Å². The first-order chi connectivity index (χ1) is 3.85. The first-order valence-corrected chi connectivity index (χ1v) is 4.66. The molecule has 2 N–H and O–H groups in total. The summed E-state index contributed by atoms with van der Waals surface area (Å²) < 4.78 is 10.1. The Balaban J connectivity index is 0. The van der Waals surface area contributed by atoms with Crippen LogP contribution in [0, 0.1) is 0 Å². The van der Waals surface area contributed by atoms with Gasteiger partial charge in [0.25, 0.3) is 0 Å². The van der Waals surface area contributed by atoms with Crippen molar-refractivity contribution >= 4 is 9.28 Å². The van der Waals surface area contributed by atoms with Gasteiger partial charge in [-0.1, -0.05) is 13.3 Å². The maximum absolute atomic E-state index is 5.06. The minimum absolute atomic E-state index is 0. The van der Waals surface area contributed by atoms with Crippen molar-refractivity contribution in [1.82, 2.24) is 0 Å². The van der Waals surface area contributed by atoms with E-state index in [1.54, 1.807) is 14.2 Å². The highest BCUT2D eigenvalue weighted by atomic mass is 28.3. The first-order valence-electron chi connectivity index (χ1n) is 2.90. The lowest BCUT2D eigenvalue weighted by molar-refractivity contribution is 0.277. The fourth-order valence-corrected chi connectivity index (χ4v) is 1.70. The predicted molar refractivity (Wildman–Crippen MR) is 39.9 cm³/mol. The third-order valence-corrected chi connectivity index (χ3v) is 3.15. The molecule has 0 aliphatic heterocycles. The SMILES string of the molecule is CCC[SiH](OC)OC.O. The van der Waals surface area contributed by atoms with E-state index in [1.807, 2.05) is 0 Å². The third kappa shape index (κ3) is 5.98. The lowest BCUT2D eigenvalue weighted by atomic mass is 10.6. The normalized spacial score (nSPS) is 9.33. The summed E-state index contributed by atoms with van der Waals surface area (Å²) in [5.41, 5.74) is 0. The number of hydrogen-bond donors (Lipinski definition) is 0. The Hall–Kier alpha value is 0.0969. The average Bonchev–Trinajstić information content (AvgIpc) is 1.83. The van der Waals surface area contributed by atoms with Gasteiger partial charge < -0.3 is 14.3 Å². The van der Waals surface area contributed by atoms with Crippen molar-refractivity contribution in [3.05, 3.63) is 0 Å². The van der Waals surface area contributed by atoms with Crippen LogP contribution in [-0.4, -0.2) is 29.0 Å². The standard InChI is InChI=1S/C5H14O2Si.H2O/c1-4-5-8(6-2)7-3;/h8H,4-5H2,1-3H3;1H2. The van der Waals surface area contributed by atoms with Crippen molar-refractivity contribution in [2.75, 3.05) is 14.2 Å². The summed E-state index contributed by atoms with van der Waals surface area (Å²) in [6.45, 7) is 2.14. The van der Waals surface area contributed by atoms with E-state index in [-0.39, 0.29) is 5.48 Å². The molecule has 0 unspecified atom stereocenters. The quantitative estimate of drug-likeness (QED) is 0.536. The molecule has 0 amide bonds. The van der Waals surface area contributed by atoms with Crippen molar-refractivity contribution < 1.29 is 14.3 Å². The van der Waals surface area contributed by atoms with Crippen LogP contribution in [0.3, 0.4) is 0 Å². The molecule has 3 nitrogen and oxygen atoms in total. The molecule has 9 heavy (non-hydrogen) atoms. The van der Waals surface area contributed by atoms with Gasteiger partial charge in [0, 0.05) is 14.2 Å². The van der Waals surface area contributed by atoms with Crippen molar-refractivity contribution in [2.24, 2.45) is 0 Å². The number of rotatable bonds is 4. The lowest BCUT2D eigenvalue weighted by Gasteiger charge is -2.07. The molecule has 0 rings (SSSR count). The molecular formula is C5H16O3Si. The summed E-state index contributed by atoms with van der Waals surface area (Å²) in [7, 11) is 2.24. The van der Waals surface area contributed by atoms with E-state index in [0.717, 1.165) is 6.04 Å². The van der Waals surface area contributed by atoms with Gasteiger partial charge in [0.2, 0.25) is 0 Å². The summed E-state index contributed by atoms with van der Waals surface area (Å²) in [4.78, 5) is 0. The first kappa shape index (κ1) is 11.8. The Labute approximate surface area is 58.1 Å². The van der Waals surface area contributed by atoms with Gasteiger partial charge in [-0.05, 0) is 6.04 Å². The highest BCUT2D eigenvalue weighted by Gasteiger charge is 2.05. The van der Waals surface area contributed by atoms with Crippen LogP contribution in [-0.2, 0) is 8.85 Å². The molecule has 0 aromatic rings. The van der Waals surface area contributed by atoms with Gasteiger partial charge >= 0.3 is 9.28 Å². The topological polar surface area (TPSA) is 50.0 Å². The van der Waals surface area contributed by atoms with Crippen molar-refractivity contribution in [3.63, 3.8) is 0 Å². The van der Waals surface area contributed by atoms with E-state index >= 15 is 0 Å². The van der Waals surface area contributed by atoms with Crippen LogP contribution in [0.5, 0.6) is 0 Å². The van der Waals surface area contributed by atoms with Crippen molar-refractivity contribution in [2.45, 2.75) is 19.4 Å². The summed E-state index contributed by atoms with van der Waals surface area (Å²) >= 11 is 0. The maximum Gasteiger partial charge on any atom is 0.320 e. The molecule has 0 saturated carbocycles. The van der Waals surface area contributed by atoms with Gasteiger partial charge in [-0.2, -0.15) is 0 Å². The third-order valence-electron chi connectivity index (χ3n) is 1.05. The average molecular weight is 152 g/mol. The van der Waals surface area contributed by atoms with E-state index in [0.29, 0.717) is 0 Å². The second-order valence-corrected chi connectivity index (χ2v) is 4.07. The minimum atomic E-state index is -1.19. The summed E-state index contributed by atoms with van der Waals surface area (Å²) in [5.74, 6) is 0. The van der Waals surface area contributed by atoms with Crippen LogP contribution in [0.15, 0.2) is 0 Å². The number of hydrogen-bond acceptors (Lipinski definition) is 2.